The number of amides is 2. The predicted octanol–water partition coefficient (Wildman–Crippen LogP) is 4.15. The molecule has 2 atom stereocenters. The van der Waals surface area contributed by atoms with Crippen LogP contribution < -0.4 is 14.2 Å². The summed E-state index contributed by atoms with van der Waals surface area (Å²) < 4.78 is 16.4. The molecular formula is C30H32N2O5. The Labute approximate surface area is 217 Å². The third kappa shape index (κ3) is 4.86. The van der Waals surface area contributed by atoms with Crippen molar-refractivity contribution >= 4 is 11.8 Å². The molecule has 5 rings (SSSR count). The lowest BCUT2D eigenvalue weighted by Gasteiger charge is -2.32. The van der Waals surface area contributed by atoms with Crippen LogP contribution in [0, 0.1) is 5.92 Å². The number of hydrogen-bond donors (Lipinski definition) is 0. The van der Waals surface area contributed by atoms with Crippen LogP contribution in [0.2, 0.25) is 0 Å². The van der Waals surface area contributed by atoms with Gasteiger partial charge in [0.2, 0.25) is 5.91 Å². The van der Waals surface area contributed by atoms with Crippen molar-refractivity contribution in [2.75, 3.05) is 41.0 Å². The van der Waals surface area contributed by atoms with Crippen LogP contribution in [0.5, 0.6) is 17.2 Å². The maximum absolute atomic E-state index is 14.0. The topological polar surface area (TPSA) is 68.3 Å². The van der Waals surface area contributed by atoms with Crippen molar-refractivity contribution in [2.24, 2.45) is 5.92 Å². The van der Waals surface area contributed by atoms with Crippen LogP contribution in [0.4, 0.5) is 0 Å². The largest absolute Gasteiger partial charge is 0.497 e. The molecule has 0 unspecified atom stereocenters. The van der Waals surface area contributed by atoms with Gasteiger partial charge in [0, 0.05) is 43.2 Å². The number of rotatable bonds is 6. The van der Waals surface area contributed by atoms with E-state index in [1.54, 1.807) is 50.5 Å². The number of nitrogens with zero attached hydrogens (tertiary/aromatic N) is 2. The van der Waals surface area contributed by atoms with Gasteiger partial charge in [-0.2, -0.15) is 0 Å². The molecule has 192 valence electrons. The SMILES string of the molecule is COc1ccc(C(=O)N2C[C@@H](C(=O)N3CCc4ccccc4C3)[C@H](c3cc(OC)ccc3OC)C2)cc1. The van der Waals surface area contributed by atoms with Crippen molar-refractivity contribution < 1.29 is 23.8 Å². The van der Waals surface area contributed by atoms with Gasteiger partial charge in [-0.3, -0.25) is 9.59 Å². The van der Waals surface area contributed by atoms with Crippen molar-refractivity contribution in [2.45, 2.75) is 18.9 Å². The fourth-order valence-electron chi connectivity index (χ4n) is 5.50. The molecule has 0 aliphatic carbocycles. The first kappa shape index (κ1) is 24.7. The van der Waals surface area contributed by atoms with E-state index in [2.05, 4.69) is 12.1 Å². The molecule has 7 nitrogen and oxygen atoms in total. The van der Waals surface area contributed by atoms with Crippen molar-refractivity contribution in [1.29, 1.82) is 0 Å². The minimum atomic E-state index is -0.395. The highest BCUT2D eigenvalue weighted by Crippen LogP contribution is 2.41. The van der Waals surface area contributed by atoms with Crippen LogP contribution in [0.15, 0.2) is 66.7 Å². The number of benzene rings is 3. The quantitative estimate of drug-likeness (QED) is 0.509. The van der Waals surface area contributed by atoms with Crippen LogP contribution in [0.3, 0.4) is 0 Å². The number of carbonyl (C=O) groups excluding carboxylic acids is 2. The Balaban J connectivity index is 1.47. The molecule has 1 saturated heterocycles. The van der Waals surface area contributed by atoms with Crippen LogP contribution in [0.25, 0.3) is 0 Å². The minimum absolute atomic E-state index is 0.0643. The number of methoxy groups -OCH3 is 3. The van der Waals surface area contributed by atoms with E-state index in [0.717, 1.165) is 12.0 Å². The van der Waals surface area contributed by atoms with Crippen LogP contribution in [-0.4, -0.2) is 62.6 Å². The van der Waals surface area contributed by atoms with Crippen molar-refractivity contribution in [3.05, 3.63) is 89.0 Å². The normalized spacial score (nSPS) is 18.8. The van der Waals surface area contributed by atoms with Crippen LogP contribution in [0.1, 0.15) is 33.0 Å². The summed E-state index contributed by atoms with van der Waals surface area (Å²) in [6.45, 7) is 2.00. The Kier molecular flexibility index (Phi) is 7.04. The third-order valence-electron chi connectivity index (χ3n) is 7.54. The highest BCUT2D eigenvalue weighted by molar-refractivity contribution is 5.95. The molecule has 0 N–H and O–H groups in total. The van der Waals surface area contributed by atoms with Gasteiger partial charge in [0.25, 0.3) is 5.91 Å². The van der Waals surface area contributed by atoms with Gasteiger partial charge in [-0.25, -0.2) is 0 Å². The van der Waals surface area contributed by atoms with Crippen molar-refractivity contribution in [3.63, 3.8) is 0 Å². The monoisotopic (exact) mass is 500 g/mol. The lowest BCUT2D eigenvalue weighted by atomic mass is 9.86. The Morgan fingerprint density at radius 2 is 1.49 bits per heavy atom. The molecule has 7 heteroatoms. The summed E-state index contributed by atoms with van der Waals surface area (Å²) in [6.07, 6.45) is 0.830. The predicted molar refractivity (Wildman–Crippen MR) is 140 cm³/mol. The summed E-state index contributed by atoms with van der Waals surface area (Å²) in [5.74, 6) is 1.41. The maximum atomic E-state index is 14.0. The fourth-order valence-corrected chi connectivity index (χ4v) is 5.50. The Morgan fingerprint density at radius 3 is 2.19 bits per heavy atom. The van der Waals surface area contributed by atoms with Gasteiger partial charge < -0.3 is 24.0 Å². The Bertz CT molecular complexity index is 1290. The maximum Gasteiger partial charge on any atom is 0.253 e. The van der Waals surface area contributed by atoms with E-state index in [9.17, 15) is 9.59 Å². The molecule has 2 heterocycles. The number of ether oxygens (including phenoxy) is 3. The molecular weight excluding hydrogens is 468 g/mol. The van der Waals surface area contributed by atoms with Crippen LogP contribution >= 0.6 is 0 Å². The van der Waals surface area contributed by atoms with Crippen molar-refractivity contribution in [3.8, 4) is 17.2 Å². The molecule has 37 heavy (non-hydrogen) atoms. The van der Waals surface area contributed by atoms with E-state index in [-0.39, 0.29) is 17.7 Å². The second-order valence-electron chi connectivity index (χ2n) is 9.54. The molecule has 0 radical (unpaired) electrons. The van der Waals surface area contributed by atoms with E-state index in [4.69, 9.17) is 14.2 Å². The molecule has 0 saturated carbocycles. The first-order valence-electron chi connectivity index (χ1n) is 12.5. The summed E-state index contributed by atoms with van der Waals surface area (Å²) in [5, 5.41) is 0. The van der Waals surface area contributed by atoms with E-state index in [1.807, 2.05) is 35.2 Å². The van der Waals surface area contributed by atoms with E-state index < -0.39 is 5.92 Å². The van der Waals surface area contributed by atoms with Gasteiger partial charge in [0.1, 0.15) is 17.2 Å². The summed E-state index contributed by atoms with van der Waals surface area (Å²) >= 11 is 0. The number of carbonyl (C=O) groups is 2. The fraction of sp³-hybridized carbons (Fsp3) is 0.333. The molecule has 0 bridgehead atoms. The second kappa shape index (κ2) is 10.5. The molecule has 2 amide bonds. The summed E-state index contributed by atoms with van der Waals surface area (Å²) in [5.41, 5.74) is 3.92. The zero-order valence-electron chi connectivity index (χ0n) is 21.5. The van der Waals surface area contributed by atoms with E-state index >= 15 is 0 Å². The summed E-state index contributed by atoms with van der Waals surface area (Å²) in [6, 6.07) is 21.0. The van der Waals surface area contributed by atoms with Crippen molar-refractivity contribution in [1.82, 2.24) is 9.80 Å². The third-order valence-corrected chi connectivity index (χ3v) is 7.54. The molecule has 1 fully saturated rings. The summed E-state index contributed by atoms with van der Waals surface area (Å²) in [7, 11) is 4.84. The van der Waals surface area contributed by atoms with Gasteiger partial charge in [-0.05, 0) is 60.0 Å². The Morgan fingerprint density at radius 1 is 0.784 bits per heavy atom. The first-order valence-corrected chi connectivity index (χ1v) is 12.5. The average molecular weight is 501 g/mol. The lowest BCUT2D eigenvalue weighted by Crippen LogP contribution is -2.42. The number of hydrogen-bond acceptors (Lipinski definition) is 5. The zero-order chi connectivity index (χ0) is 25.9. The van der Waals surface area contributed by atoms with Gasteiger partial charge in [0.05, 0.1) is 27.2 Å². The minimum Gasteiger partial charge on any atom is -0.497 e. The molecule has 3 aromatic carbocycles. The van der Waals surface area contributed by atoms with Crippen LogP contribution in [-0.2, 0) is 17.8 Å². The highest BCUT2D eigenvalue weighted by Gasteiger charge is 2.43. The van der Waals surface area contributed by atoms with E-state index in [1.165, 1.54) is 11.1 Å². The standard InChI is InChI=1S/C30H32N2O5/c1-35-23-10-8-21(9-11-23)29(33)32-18-26(25-16-24(36-2)12-13-28(25)37-3)27(19-32)30(34)31-15-14-20-6-4-5-7-22(20)17-31/h4-13,16,26-27H,14-15,17-19H2,1-3H3/t26-,27+/m0/s1. The highest BCUT2D eigenvalue weighted by atomic mass is 16.5. The molecule has 0 aromatic heterocycles. The average Bonchev–Trinajstić information content (AvgIpc) is 3.41. The molecule has 0 spiro atoms. The van der Waals surface area contributed by atoms with Gasteiger partial charge in [-0.1, -0.05) is 24.3 Å². The molecule has 2 aliphatic rings. The lowest BCUT2D eigenvalue weighted by molar-refractivity contribution is -0.136. The smallest absolute Gasteiger partial charge is 0.253 e. The number of likely N-dealkylation sites (tertiary alicyclic amines) is 1. The van der Waals surface area contributed by atoms with Gasteiger partial charge >= 0.3 is 0 Å². The zero-order valence-corrected chi connectivity index (χ0v) is 21.5. The number of fused-ring (bicyclic) bond motifs is 1. The van der Waals surface area contributed by atoms with Gasteiger partial charge in [0.15, 0.2) is 0 Å². The molecule has 3 aromatic rings. The van der Waals surface area contributed by atoms with E-state index in [0.29, 0.717) is 49.0 Å². The Hall–Kier alpha value is -4.00. The molecule has 2 aliphatic heterocycles. The first-order chi connectivity index (χ1) is 18.0. The summed E-state index contributed by atoms with van der Waals surface area (Å²) in [4.78, 5) is 31.3. The second-order valence-corrected chi connectivity index (χ2v) is 9.54. The van der Waals surface area contributed by atoms with Gasteiger partial charge in [-0.15, -0.1) is 0 Å².